The van der Waals surface area contributed by atoms with Crippen LogP contribution in [0.3, 0.4) is 0 Å². The highest BCUT2D eigenvalue weighted by Crippen LogP contribution is 2.60. The van der Waals surface area contributed by atoms with Crippen LogP contribution in [0.15, 0.2) is 12.2 Å². The molecule has 4 aliphatic rings. The highest BCUT2D eigenvalue weighted by Gasteiger charge is 2.50. The molecule has 0 aromatic carbocycles. The van der Waals surface area contributed by atoms with Crippen molar-refractivity contribution in [2.75, 3.05) is 0 Å². The maximum Gasteiger partial charge on any atom is -0.0203 e. The second kappa shape index (κ2) is 3.12. The van der Waals surface area contributed by atoms with Crippen molar-refractivity contribution < 1.29 is 0 Å². The lowest BCUT2D eigenvalue weighted by molar-refractivity contribution is 0.130. The van der Waals surface area contributed by atoms with Crippen LogP contribution in [0.2, 0.25) is 0 Å². The Labute approximate surface area is 94.1 Å². The molecule has 0 N–H and O–H groups in total. The Bertz CT molecular complexity index is 290. The van der Waals surface area contributed by atoms with Gasteiger partial charge in [0.25, 0.3) is 0 Å². The molecule has 0 saturated heterocycles. The Morgan fingerprint density at radius 3 is 2.80 bits per heavy atom. The monoisotopic (exact) mass is 204 g/mol. The van der Waals surface area contributed by atoms with Crippen LogP contribution in [0, 0.1) is 29.1 Å². The number of fused-ring (bicyclic) bond motifs is 2. The van der Waals surface area contributed by atoms with E-state index in [1.54, 1.807) is 5.57 Å². The van der Waals surface area contributed by atoms with Gasteiger partial charge in [0, 0.05) is 0 Å². The molecule has 0 heteroatoms. The summed E-state index contributed by atoms with van der Waals surface area (Å²) in [5.41, 5.74) is 2.21. The van der Waals surface area contributed by atoms with Crippen molar-refractivity contribution in [2.45, 2.75) is 52.4 Å². The van der Waals surface area contributed by atoms with Crippen molar-refractivity contribution in [3.63, 3.8) is 0 Å². The van der Waals surface area contributed by atoms with Gasteiger partial charge in [-0.2, -0.15) is 0 Å². The van der Waals surface area contributed by atoms with E-state index in [4.69, 9.17) is 0 Å². The average Bonchev–Trinajstić information content (AvgIpc) is 2.41. The van der Waals surface area contributed by atoms with Gasteiger partial charge in [0.2, 0.25) is 0 Å². The second-order valence-corrected chi connectivity index (χ2v) is 6.79. The van der Waals surface area contributed by atoms with E-state index < -0.39 is 0 Å². The first-order valence-electron chi connectivity index (χ1n) is 6.78. The zero-order valence-corrected chi connectivity index (χ0v) is 10.3. The van der Waals surface area contributed by atoms with Crippen molar-refractivity contribution in [1.29, 1.82) is 0 Å². The average molecular weight is 204 g/mol. The summed E-state index contributed by atoms with van der Waals surface area (Å²) in [6.45, 7) is 9.39. The summed E-state index contributed by atoms with van der Waals surface area (Å²) in [4.78, 5) is 0. The minimum Gasteiger partial charge on any atom is -0.0996 e. The Kier molecular flexibility index (Phi) is 2.06. The Morgan fingerprint density at radius 1 is 1.27 bits per heavy atom. The van der Waals surface area contributed by atoms with E-state index in [-0.39, 0.29) is 0 Å². The van der Waals surface area contributed by atoms with Gasteiger partial charge in [-0.15, -0.1) is 0 Å². The van der Waals surface area contributed by atoms with Gasteiger partial charge >= 0.3 is 0 Å². The summed E-state index contributed by atoms with van der Waals surface area (Å²) < 4.78 is 0. The van der Waals surface area contributed by atoms with Crippen molar-refractivity contribution in [1.82, 2.24) is 0 Å². The van der Waals surface area contributed by atoms with E-state index in [1.165, 1.54) is 38.5 Å². The zero-order valence-electron chi connectivity index (χ0n) is 10.3. The molecule has 0 aromatic rings. The molecule has 0 spiro atoms. The van der Waals surface area contributed by atoms with Gasteiger partial charge in [-0.1, -0.05) is 32.4 Å². The van der Waals surface area contributed by atoms with Gasteiger partial charge in [0.1, 0.15) is 0 Å². The third kappa shape index (κ3) is 1.33. The van der Waals surface area contributed by atoms with Crippen molar-refractivity contribution in [3.05, 3.63) is 12.2 Å². The summed E-state index contributed by atoms with van der Waals surface area (Å²) in [5.74, 6) is 3.92. The summed E-state index contributed by atoms with van der Waals surface area (Å²) in [7, 11) is 0. The zero-order chi connectivity index (χ0) is 10.6. The molecule has 0 nitrogen and oxygen atoms in total. The van der Waals surface area contributed by atoms with Gasteiger partial charge in [-0.25, -0.2) is 0 Å². The van der Waals surface area contributed by atoms with Crippen LogP contribution >= 0.6 is 0 Å². The summed E-state index contributed by atoms with van der Waals surface area (Å²) in [6.07, 6.45) is 8.72. The van der Waals surface area contributed by atoms with E-state index in [2.05, 4.69) is 20.4 Å². The molecule has 0 aromatic heterocycles. The summed E-state index contributed by atoms with van der Waals surface area (Å²) >= 11 is 0. The topological polar surface area (TPSA) is 0 Å². The fourth-order valence-electron chi connectivity index (χ4n) is 4.92. The smallest absolute Gasteiger partial charge is 0.0203 e. The fraction of sp³-hybridized carbons (Fsp3) is 0.867. The predicted octanol–water partition coefficient (Wildman–Crippen LogP) is 4.42. The summed E-state index contributed by atoms with van der Waals surface area (Å²) in [6, 6.07) is 0. The maximum absolute atomic E-state index is 4.35. The first-order valence-corrected chi connectivity index (χ1v) is 6.78. The third-order valence-corrected chi connectivity index (χ3v) is 5.90. The molecule has 4 rings (SSSR count). The minimum atomic E-state index is 0.625. The first-order chi connectivity index (χ1) is 7.10. The quantitative estimate of drug-likeness (QED) is 0.513. The van der Waals surface area contributed by atoms with Crippen molar-refractivity contribution >= 4 is 0 Å². The lowest BCUT2D eigenvalue weighted by atomic mass is 9.65. The lowest BCUT2D eigenvalue weighted by Crippen LogP contribution is -2.30. The highest BCUT2D eigenvalue weighted by atomic mass is 14.6. The molecule has 4 fully saturated rings. The van der Waals surface area contributed by atoms with Crippen LogP contribution in [0.4, 0.5) is 0 Å². The molecule has 84 valence electrons. The molecular formula is C15H24. The molecule has 2 bridgehead atoms. The van der Waals surface area contributed by atoms with E-state index >= 15 is 0 Å². The molecule has 4 saturated carbocycles. The van der Waals surface area contributed by atoms with Crippen LogP contribution in [-0.2, 0) is 0 Å². The third-order valence-electron chi connectivity index (χ3n) is 5.90. The predicted molar refractivity (Wildman–Crippen MR) is 64.6 cm³/mol. The van der Waals surface area contributed by atoms with Gasteiger partial charge in [0.05, 0.1) is 0 Å². The lowest BCUT2D eigenvalue weighted by Gasteiger charge is -2.40. The SMILES string of the molecule is C=C1CC2(C)CC[C@@H]1C[C@@H]1[C@H]2CC[C@@H]1C. The van der Waals surface area contributed by atoms with Gasteiger partial charge in [-0.3, -0.25) is 0 Å². The molecule has 0 radical (unpaired) electrons. The Balaban J connectivity index is 1.98. The molecule has 5 atom stereocenters. The van der Waals surface area contributed by atoms with E-state index in [1.807, 2.05) is 0 Å². The molecular weight excluding hydrogens is 180 g/mol. The molecule has 0 aliphatic heterocycles. The molecule has 4 aliphatic carbocycles. The van der Waals surface area contributed by atoms with Crippen molar-refractivity contribution in [3.8, 4) is 0 Å². The number of allylic oxidation sites excluding steroid dienone is 1. The molecule has 1 unspecified atom stereocenters. The first kappa shape index (κ1) is 9.93. The number of hydrogen-bond acceptors (Lipinski definition) is 0. The Morgan fingerprint density at radius 2 is 2.07 bits per heavy atom. The minimum absolute atomic E-state index is 0.625. The maximum atomic E-state index is 4.35. The normalized spacial score (nSPS) is 54.1. The molecule has 0 heterocycles. The van der Waals surface area contributed by atoms with E-state index in [9.17, 15) is 0 Å². The van der Waals surface area contributed by atoms with Gasteiger partial charge < -0.3 is 0 Å². The van der Waals surface area contributed by atoms with Crippen LogP contribution < -0.4 is 0 Å². The van der Waals surface area contributed by atoms with Crippen LogP contribution in [0.5, 0.6) is 0 Å². The van der Waals surface area contributed by atoms with Crippen LogP contribution in [-0.4, -0.2) is 0 Å². The van der Waals surface area contributed by atoms with Crippen molar-refractivity contribution in [2.24, 2.45) is 29.1 Å². The molecule has 15 heavy (non-hydrogen) atoms. The Hall–Kier alpha value is -0.260. The van der Waals surface area contributed by atoms with E-state index in [0.717, 1.165) is 23.7 Å². The standard InChI is InChI=1S/C15H24/c1-10-4-5-14-13(10)8-12-6-7-15(14,3)9-11(12)2/h10,12-14H,2,4-9H2,1,3H3/t10-,12+,13-,14+,15?/m0/s1. The van der Waals surface area contributed by atoms with Gasteiger partial charge in [0.15, 0.2) is 0 Å². The fourth-order valence-corrected chi connectivity index (χ4v) is 4.92. The van der Waals surface area contributed by atoms with Crippen LogP contribution in [0.1, 0.15) is 52.4 Å². The number of rotatable bonds is 0. The number of hydrogen-bond donors (Lipinski definition) is 0. The van der Waals surface area contributed by atoms with Crippen LogP contribution in [0.25, 0.3) is 0 Å². The second-order valence-electron chi connectivity index (χ2n) is 6.79. The van der Waals surface area contributed by atoms with Gasteiger partial charge in [-0.05, 0) is 61.2 Å². The summed E-state index contributed by atoms with van der Waals surface area (Å²) in [5, 5.41) is 0. The largest absolute Gasteiger partial charge is 0.0996 e. The molecule has 0 amide bonds. The van der Waals surface area contributed by atoms with E-state index in [0.29, 0.717) is 5.41 Å². The highest BCUT2D eigenvalue weighted by molar-refractivity contribution is 5.15.